The highest BCUT2D eigenvalue weighted by molar-refractivity contribution is 5.83. The summed E-state index contributed by atoms with van der Waals surface area (Å²) < 4.78 is 0. The maximum absolute atomic E-state index is 11.3. The quantitative estimate of drug-likeness (QED) is 0.542. The molecule has 0 bridgehead atoms. The third-order valence-electron chi connectivity index (χ3n) is 2.58. The monoisotopic (exact) mass is 242 g/mol. The van der Waals surface area contributed by atoms with Crippen molar-refractivity contribution in [2.45, 2.75) is 38.6 Å². The van der Waals surface area contributed by atoms with Crippen LogP contribution in [0.25, 0.3) is 0 Å². The van der Waals surface area contributed by atoms with Gasteiger partial charge in [-0.3, -0.25) is 14.4 Å². The lowest BCUT2D eigenvalue weighted by Gasteiger charge is -2.09. The van der Waals surface area contributed by atoms with Crippen LogP contribution in [0.5, 0.6) is 0 Å². The smallest absolute Gasteiger partial charge is 0.325 e. The lowest BCUT2D eigenvalue weighted by molar-refractivity contribution is -0.141. The molecule has 2 amide bonds. The molecule has 1 aliphatic rings. The van der Waals surface area contributed by atoms with Gasteiger partial charge in [0.1, 0.15) is 6.04 Å². The summed E-state index contributed by atoms with van der Waals surface area (Å²) in [6.45, 7) is 1.87. The Morgan fingerprint density at radius 1 is 1.35 bits per heavy atom. The number of carboxylic acids is 1. The van der Waals surface area contributed by atoms with Gasteiger partial charge in [0.05, 0.1) is 0 Å². The van der Waals surface area contributed by atoms with Crippen LogP contribution >= 0.6 is 0 Å². The minimum Gasteiger partial charge on any atom is -0.480 e. The fraction of sp³-hybridized carbons (Fsp3) is 0.727. The standard InChI is InChI=1S/C11H18N2O4/c1-7(11(16)17)13-9(14)3-2-6-12-10(15)8-4-5-8/h7-8H,2-6H2,1H3,(H,12,15)(H,13,14)(H,16,17). The van der Waals surface area contributed by atoms with Crippen LogP contribution in [0, 0.1) is 5.92 Å². The van der Waals surface area contributed by atoms with Crippen LogP contribution in [0.2, 0.25) is 0 Å². The number of carbonyl (C=O) groups excluding carboxylic acids is 2. The Morgan fingerprint density at radius 2 is 2.00 bits per heavy atom. The van der Waals surface area contributed by atoms with Crippen molar-refractivity contribution >= 4 is 17.8 Å². The summed E-state index contributed by atoms with van der Waals surface area (Å²) >= 11 is 0. The van der Waals surface area contributed by atoms with Crippen molar-refractivity contribution < 1.29 is 19.5 Å². The molecule has 0 heterocycles. The third kappa shape index (κ3) is 5.33. The Hall–Kier alpha value is -1.59. The molecule has 6 nitrogen and oxygen atoms in total. The van der Waals surface area contributed by atoms with Gasteiger partial charge in [0.25, 0.3) is 0 Å². The minimum absolute atomic E-state index is 0.0595. The van der Waals surface area contributed by atoms with E-state index in [4.69, 9.17) is 5.11 Å². The van der Waals surface area contributed by atoms with E-state index >= 15 is 0 Å². The summed E-state index contributed by atoms with van der Waals surface area (Å²) in [6, 6.07) is -0.872. The third-order valence-corrected chi connectivity index (χ3v) is 2.58. The molecule has 1 aliphatic carbocycles. The van der Waals surface area contributed by atoms with Gasteiger partial charge < -0.3 is 15.7 Å². The first-order valence-corrected chi connectivity index (χ1v) is 5.80. The molecule has 0 spiro atoms. The SMILES string of the molecule is CC(NC(=O)CCCNC(=O)C1CC1)C(=O)O. The van der Waals surface area contributed by atoms with E-state index in [0.29, 0.717) is 13.0 Å². The van der Waals surface area contributed by atoms with Crippen molar-refractivity contribution in [1.29, 1.82) is 0 Å². The van der Waals surface area contributed by atoms with E-state index in [1.165, 1.54) is 6.92 Å². The molecular formula is C11H18N2O4. The fourth-order valence-electron chi connectivity index (χ4n) is 1.33. The second-order valence-electron chi connectivity index (χ2n) is 4.30. The average molecular weight is 242 g/mol. The average Bonchev–Trinajstić information content (AvgIpc) is 3.07. The summed E-state index contributed by atoms with van der Waals surface area (Å²) in [5, 5.41) is 13.7. The Labute approximate surface area is 99.8 Å². The van der Waals surface area contributed by atoms with Crippen molar-refractivity contribution in [3.05, 3.63) is 0 Å². The zero-order chi connectivity index (χ0) is 12.8. The molecule has 1 fully saturated rings. The Morgan fingerprint density at radius 3 is 2.53 bits per heavy atom. The molecule has 1 rings (SSSR count). The summed E-state index contributed by atoms with van der Waals surface area (Å²) in [5.41, 5.74) is 0. The van der Waals surface area contributed by atoms with Crippen LogP contribution in [0.15, 0.2) is 0 Å². The van der Waals surface area contributed by atoms with Gasteiger partial charge in [-0.1, -0.05) is 0 Å². The van der Waals surface area contributed by atoms with Gasteiger partial charge in [-0.25, -0.2) is 0 Å². The zero-order valence-electron chi connectivity index (χ0n) is 9.86. The summed E-state index contributed by atoms with van der Waals surface area (Å²) in [6.07, 6.45) is 2.67. The van der Waals surface area contributed by atoms with Crippen LogP contribution in [0.1, 0.15) is 32.6 Å². The highest BCUT2D eigenvalue weighted by atomic mass is 16.4. The maximum Gasteiger partial charge on any atom is 0.325 e. The first-order chi connectivity index (χ1) is 8.00. The molecule has 0 saturated heterocycles. The van der Waals surface area contributed by atoms with Gasteiger partial charge in [0, 0.05) is 18.9 Å². The van der Waals surface area contributed by atoms with Crippen molar-refractivity contribution in [3.63, 3.8) is 0 Å². The Bertz CT molecular complexity index is 313. The highest BCUT2D eigenvalue weighted by Gasteiger charge is 2.28. The van der Waals surface area contributed by atoms with Gasteiger partial charge in [-0.2, -0.15) is 0 Å². The molecule has 1 atom stereocenters. The predicted octanol–water partition coefficient (Wildman–Crippen LogP) is -0.118. The Kier molecular flexibility index (Phi) is 4.93. The molecule has 1 saturated carbocycles. The predicted molar refractivity (Wildman–Crippen MR) is 60.2 cm³/mol. The van der Waals surface area contributed by atoms with E-state index in [2.05, 4.69) is 10.6 Å². The number of carboxylic acid groups (broad SMARTS) is 1. The number of hydrogen-bond donors (Lipinski definition) is 3. The number of carbonyl (C=O) groups is 3. The van der Waals surface area contributed by atoms with Crippen molar-refractivity contribution in [1.82, 2.24) is 10.6 Å². The number of nitrogens with one attached hydrogen (secondary N) is 2. The van der Waals surface area contributed by atoms with Crippen LogP contribution in [-0.2, 0) is 14.4 Å². The van der Waals surface area contributed by atoms with Crippen LogP contribution in [0.4, 0.5) is 0 Å². The first kappa shape index (κ1) is 13.5. The molecular weight excluding hydrogens is 224 g/mol. The molecule has 96 valence electrons. The second kappa shape index (κ2) is 6.22. The van der Waals surface area contributed by atoms with Crippen molar-refractivity contribution in [2.24, 2.45) is 5.92 Å². The summed E-state index contributed by atoms with van der Waals surface area (Å²) in [4.78, 5) is 33.0. The van der Waals surface area contributed by atoms with Gasteiger partial charge in [-0.15, -0.1) is 0 Å². The van der Waals surface area contributed by atoms with E-state index in [-0.39, 0.29) is 24.2 Å². The van der Waals surface area contributed by atoms with E-state index < -0.39 is 12.0 Å². The maximum atomic E-state index is 11.3. The second-order valence-corrected chi connectivity index (χ2v) is 4.30. The Balaban J connectivity index is 2.03. The highest BCUT2D eigenvalue weighted by Crippen LogP contribution is 2.28. The van der Waals surface area contributed by atoms with Crippen LogP contribution in [0.3, 0.4) is 0 Å². The zero-order valence-corrected chi connectivity index (χ0v) is 9.86. The lowest BCUT2D eigenvalue weighted by Crippen LogP contribution is -2.38. The number of aliphatic carboxylic acids is 1. The van der Waals surface area contributed by atoms with Crippen LogP contribution < -0.4 is 10.6 Å². The fourth-order valence-corrected chi connectivity index (χ4v) is 1.33. The molecule has 0 aromatic rings. The van der Waals surface area contributed by atoms with Crippen LogP contribution in [-0.4, -0.2) is 35.5 Å². The molecule has 0 aliphatic heterocycles. The minimum atomic E-state index is -1.06. The lowest BCUT2D eigenvalue weighted by atomic mass is 10.2. The van der Waals surface area contributed by atoms with Gasteiger partial charge >= 0.3 is 5.97 Å². The van der Waals surface area contributed by atoms with Crippen molar-refractivity contribution in [2.75, 3.05) is 6.54 Å². The van der Waals surface area contributed by atoms with E-state index in [1.807, 2.05) is 0 Å². The molecule has 0 aromatic carbocycles. The van der Waals surface area contributed by atoms with E-state index in [0.717, 1.165) is 12.8 Å². The molecule has 1 unspecified atom stereocenters. The normalized spacial score (nSPS) is 16.1. The first-order valence-electron chi connectivity index (χ1n) is 5.80. The number of hydrogen-bond acceptors (Lipinski definition) is 3. The summed E-state index contributed by atoms with van der Waals surface area (Å²) in [7, 11) is 0. The number of rotatable bonds is 7. The summed E-state index contributed by atoms with van der Waals surface area (Å²) in [5.74, 6) is -1.12. The van der Waals surface area contributed by atoms with Gasteiger partial charge in [0.2, 0.25) is 11.8 Å². The number of amides is 2. The van der Waals surface area contributed by atoms with Crippen molar-refractivity contribution in [3.8, 4) is 0 Å². The topological polar surface area (TPSA) is 95.5 Å². The molecule has 17 heavy (non-hydrogen) atoms. The van der Waals surface area contributed by atoms with E-state index in [1.54, 1.807) is 0 Å². The van der Waals surface area contributed by atoms with Gasteiger partial charge in [-0.05, 0) is 26.2 Å². The largest absolute Gasteiger partial charge is 0.480 e. The molecule has 3 N–H and O–H groups in total. The molecule has 0 radical (unpaired) electrons. The molecule has 0 aromatic heterocycles. The van der Waals surface area contributed by atoms with Gasteiger partial charge in [0.15, 0.2) is 0 Å². The van der Waals surface area contributed by atoms with E-state index in [9.17, 15) is 14.4 Å². The molecule has 6 heteroatoms.